The Morgan fingerprint density at radius 3 is 2.56 bits per heavy atom. The molecule has 8 heteroatoms. The van der Waals surface area contributed by atoms with Gasteiger partial charge < -0.3 is 15.6 Å². The van der Waals surface area contributed by atoms with Gasteiger partial charge in [0.25, 0.3) is 5.56 Å². The van der Waals surface area contributed by atoms with E-state index in [0.29, 0.717) is 43.3 Å². The molecule has 134 valence electrons. The van der Waals surface area contributed by atoms with E-state index < -0.39 is 5.69 Å². The number of nitrogens with one attached hydrogen (secondary N) is 3. The molecule has 0 unspecified atom stereocenters. The van der Waals surface area contributed by atoms with Crippen molar-refractivity contribution >= 4 is 22.7 Å². The van der Waals surface area contributed by atoms with Crippen molar-refractivity contribution < 1.29 is 9.59 Å². The topological polar surface area (TPSA) is 113 Å². The summed E-state index contributed by atoms with van der Waals surface area (Å²) in [5.41, 5.74) is -0.241. The Morgan fingerprint density at radius 1 is 1.08 bits per heavy atom. The summed E-state index contributed by atoms with van der Waals surface area (Å²) in [6, 6.07) is 6.87. The molecule has 1 aromatic heterocycles. The quantitative estimate of drug-likeness (QED) is 0.589. The lowest BCUT2D eigenvalue weighted by atomic mass is 10.2. The van der Waals surface area contributed by atoms with Gasteiger partial charge in [-0.25, -0.2) is 4.79 Å². The smallest absolute Gasteiger partial charge is 0.328 e. The summed E-state index contributed by atoms with van der Waals surface area (Å²) < 4.78 is 1.16. The van der Waals surface area contributed by atoms with Crippen LogP contribution in [-0.2, 0) is 16.1 Å². The Balaban J connectivity index is 1.81. The number of para-hydroxylation sites is 1. The highest BCUT2D eigenvalue weighted by atomic mass is 16.2. The maximum atomic E-state index is 12.3. The van der Waals surface area contributed by atoms with Crippen molar-refractivity contribution in [3.05, 3.63) is 45.1 Å². The lowest BCUT2D eigenvalue weighted by molar-refractivity contribution is -0.122. The number of aromatic nitrogens is 2. The standard InChI is InChI=1S/C17H22N4O4/c1-12(22)18-9-10-19-15(23)8-4-5-11-21-16(24)13-6-2-3-7-14(13)20-17(21)25/h2-3,6-7H,4-5,8-11H2,1H3,(H,18,22)(H,19,23)(H,20,25). The van der Waals surface area contributed by atoms with Crippen molar-refractivity contribution in [2.45, 2.75) is 32.7 Å². The van der Waals surface area contributed by atoms with Crippen LogP contribution >= 0.6 is 0 Å². The van der Waals surface area contributed by atoms with Crippen LogP contribution < -0.4 is 21.9 Å². The SMILES string of the molecule is CC(=O)NCCNC(=O)CCCCn1c(=O)[nH]c2ccccc2c1=O. The van der Waals surface area contributed by atoms with E-state index in [4.69, 9.17) is 0 Å². The molecule has 1 heterocycles. The zero-order valence-electron chi connectivity index (χ0n) is 14.1. The van der Waals surface area contributed by atoms with E-state index in [9.17, 15) is 19.2 Å². The average Bonchev–Trinajstić information content (AvgIpc) is 2.57. The number of hydrogen-bond acceptors (Lipinski definition) is 4. The second-order valence-corrected chi connectivity index (χ2v) is 5.72. The Morgan fingerprint density at radius 2 is 1.80 bits per heavy atom. The van der Waals surface area contributed by atoms with E-state index in [-0.39, 0.29) is 23.9 Å². The van der Waals surface area contributed by atoms with Crippen LogP contribution in [-0.4, -0.2) is 34.5 Å². The molecule has 0 saturated carbocycles. The van der Waals surface area contributed by atoms with E-state index in [2.05, 4.69) is 15.6 Å². The van der Waals surface area contributed by atoms with E-state index in [1.165, 1.54) is 6.92 Å². The van der Waals surface area contributed by atoms with Crippen molar-refractivity contribution in [1.29, 1.82) is 0 Å². The third-order valence-corrected chi connectivity index (χ3v) is 3.75. The molecule has 1 aromatic carbocycles. The number of carbonyl (C=O) groups is 2. The molecule has 0 radical (unpaired) electrons. The van der Waals surface area contributed by atoms with Crippen LogP contribution in [0.4, 0.5) is 0 Å². The predicted octanol–water partition coefficient (Wildman–Crippen LogP) is 0.112. The molecule has 0 atom stereocenters. The molecule has 0 bridgehead atoms. The number of amides is 2. The maximum absolute atomic E-state index is 12.3. The Kier molecular flexibility index (Phi) is 6.50. The molecule has 2 aromatic rings. The third-order valence-electron chi connectivity index (χ3n) is 3.75. The van der Waals surface area contributed by atoms with E-state index in [1.54, 1.807) is 24.3 Å². The summed E-state index contributed by atoms with van der Waals surface area (Å²) in [6.07, 6.45) is 1.41. The average molecular weight is 346 g/mol. The first kappa shape index (κ1) is 18.4. The maximum Gasteiger partial charge on any atom is 0.328 e. The first-order valence-corrected chi connectivity index (χ1v) is 8.22. The molecule has 0 aliphatic carbocycles. The minimum absolute atomic E-state index is 0.120. The number of H-pyrrole nitrogens is 1. The molecule has 0 saturated heterocycles. The van der Waals surface area contributed by atoms with Gasteiger partial charge in [-0.2, -0.15) is 0 Å². The highest BCUT2D eigenvalue weighted by Gasteiger charge is 2.07. The van der Waals surface area contributed by atoms with Crippen LogP contribution in [0.2, 0.25) is 0 Å². The van der Waals surface area contributed by atoms with Gasteiger partial charge >= 0.3 is 5.69 Å². The predicted molar refractivity (Wildman–Crippen MR) is 94.4 cm³/mol. The van der Waals surface area contributed by atoms with Gasteiger partial charge in [0.1, 0.15) is 0 Å². The highest BCUT2D eigenvalue weighted by molar-refractivity contribution is 5.77. The summed E-state index contributed by atoms with van der Waals surface area (Å²) in [4.78, 5) is 49.4. The second kappa shape index (κ2) is 8.81. The number of fused-ring (bicyclic) bond motifs is 1. The molecule has 2 rings (SSSR count). The fourth-order valence-electron chi connectivity index (χ4n) is 2.49. The first-order valence-electron chi connectivity index (χ1n) is 8.22. The first-order chi connectivity index (χ1) is 12.0. The normalized spacial score (nSPS) is 10.6. The van der Waals surface area contributed by atoms with Crippen molar-refractivity contribution in [3.63, 3.8) is 0 Å². The number of benzene rings is 1. The Bertz CT molecular complexity index is 869. The summed E-state index contributed by atoms with van der Waals surface area (Å²) >= 11 is 0. The number of nitrogens with zero attached hydrogens (tertiary/aromatic N) is 1. The minimum atomic E-state index is -0.441. The van der Waals surface area contributed by atoms with Gasteiger partial charge in [-0.3, -0.25) is 19.0 Å². The Hall–Kier alpha value is -2.90. The van der Waals surface area contributed by atoms with Crippen LogP contribution in [0, 0.1) is 0 Å². The molecule has 3 N–H and O–H groups in total. The summed E-state index contributed by atoms with van der Waals surface area (Å²) in [7, 11) is 0. The molecule has 25 heavy (non-hydrogen) atoms. The monoisotopic (exact) mass is 346 g/mol. The van der Waals surface area contributed by atoms with Gasteiger partial charge in [0, 0.05) is 33.0 Å². The van der Waals surface area contributed by atoms with E-state index in [0.717, 1.165) is 4.57 Å². The summed E-state index contributed by atoms with van der Waals surface area (Å²) in [5, 5.41) is 5.75. The van der Waals surface area contributed by atoms with Crippen LogP contribution in [0.3, 0.4) is 0 Å². The molecule has 0 aliphatic heterocycles. The number of aromatic amines is 1. The summed E-state index contributed by atoms with van der Waals surface area (Å²) in [6.45, 7) is 2.45. The molecular weight excluding hydrogens is 324 g/mol. The van der Waals surface area contributed by atoms with Crippen molar-refractivity contribution in [1.82, 2.24) is 20.2 Å². The summed E-state index contributed by atoms with van der Waals surface area (Å²) in [5.74, 6) is -0.259. The van der Waals surface area contributed by atoms with Crippen molar-refractivity contribution in [2.24, 2.45) is 0 Å². The second-order valence-electron chi connectivity index (χ2n) is 5.72. The van der Waals surface area contributed by atoms with Gasteiger partial charge in [-0.05, 0) is 25.0 Å². The van der Waals surface area contributed by atoms with Gasteiger partial charge in [0.15, 0.2) is 0 Å². The van der Waals surface area contributed by atoms with Crippen LogP contribution in [0.5, 0.6) is 0 Å². The zero-order valence-corrected chi connectivity index (χ0v) is 14.1. The molecule has 8 nitrogen and oxygen atoms in total. The largest absolute Gasteiger partial charge is 0.355 e. The number of unbranched alkanes of at least 4 members (excludes halogenated alkanes) is 1. The fraction of sp³-hybridized carbons (Fsp3) is 0.412. The van der Waals surface area contributed by atoms with Crippen LogP contribution in [0.1, 0.15) is 26.2 Å². The third kappa shape index (κ3) is 5.30. The molecule has 2 amide bonds. The van der Waals surface area contributed by atoms with Crippen LogP contribution in [0.25, 0.3) is 10.9 Å². The van der Waals surface area contributed by atoms with Gasteiger partial charge in [-0.1, -0.05) is 12.1 Å². The Labute approximate surface area is 144 Å². The number of carbonyl (C=O) groups excluding carboxylic acids is 2. The van der Waals surface area contributed by atoms with Gasteiger partial charge in [-0.15, -0.1) is 0 Å². The van der Waals surface area contributed by atoms with Gasteiger partial charge in [0.05, 0.1) is 10.9 Å². The van der Waals surface area contributed by atoms with Gasteiger partial charge in [0.2, 0.25) is 11.8 Å². The minimum Gasteiger partial charge on any atom is -0.355 e. The molecule has 0 fully saturated rings. The van der Waals surface area contributed by atoms with Crippen molar-refractivity contribution in [2.75, 3.05) is 13.1 Å². The highest BCUT2D eigenvalue weighted by Crippen LogP contribution is 2.03. The number of rotatable bonds is 8. The van der Waals surface area contributed by atoms with Crippen LogP contribution in [0.15, 0.2) is 33.9 Å². The molecular formula is C17H22N4O4. The van der Waals surface area contributed by atoms with E-state index in [1.807, 2.05) is 0 Å². The zero-order chi connectivity index (χ0) is 18.2. The lowest BCUT2D eigenvalue weighted by Crippen LogP contribution is -2.35. The van der Waals surface area contributed by atoms with E-state index >= 15 is 0 Å². The number of hydrogen-bond donors (Lipinski definition) is 3. The molecule has 0 aliphatic rings. The lowest BCUT2D eigenvalue weighted by Gasteiger charge is -2.07. The van der Waals surface area contributed by atoms with Crippen molar-refractivity contribution in [3.8, 4) is 0 Å². The fourth-order valence-corrected chi connectivity index (χ4v) is 2.49. The molecule has 0 spiro atoms.